The molecule has 1 aromatic heterocycles. The van der Waals surface area contributed by atoms with E-state index in [9.17, 15) is 13.2 Å². The monoisotopic (exact) mass is 348 g/mol. The molecule has 8 heteroatoms. The van der Waals surface area contributed by atoms with E-state index in [2.05, 4.69) is 5.10 Å². The highest BCUT2D eigenvalue weighted by Crippen LogP contribution is 2.22. The van der Waals surface area contributed by atoms with Gasteiger partial charge >= 0.3 is 0 Å². The maximum absolute atomic E-state index is 12.7. The molecule has 0 saturated carbocycles. The summed E-state index contributed by atoms with van der Waals surface area (Å²) in [6.45, 7) is 1.29. The van der Waals surface area contributed by atoms with Gasteiger partial charge in [0.05, 0.1) is 11.8 Å². The summed E-state index contributed by atoms with van der Waals surface area (Å²) >= 11 is 0. The highest BCUT2D eigenvalue weighted by atomic mass is 32.2. The van der Waals surface area contributed by atoms with Crippen molar-refractivity contribution in [2.24, 2.45) is 5.14 Å². The predicted molar refractivity (Wildman–Crippen MR) is 89.7 cm³/mol. The Morgan fingerprint density at radius 1 is 1.33 bits per heavy atom. The molecule has 2 N–H and O–H groups in total. The molecule has 0 aliphatic carbocycles. The van der Waals surface area contributed by atoms with Crippen molar-refractivity contribution in [2.75, 3.05) is 13.1 Å². The summed E-state index contributed by atoms with van der Waals surface area (Å²) in [6, 6.07) is 8.69. The molecule has 1 saturated heterocycles. The minimum Gasteiger partial charge on any atom is -0.337 e. The van der Waals surface area contributed by atoms with Crippen LogP contribution < -0.4 is 5.14 Å². The topological polar surface area (TPSA) is 98.3 Å². The zero-order valence-electron chi connectivity index (χ0n) is 13.2. The van der Waals surface area contributed by atoms with Gasteiger partial charge in [-0.15, -0.1) is 0 Å². The first-order chi connectivity index (χ1) is 11.4. The third kappa shape index (κ3) is 4.01. The highest BCUT2D eigenvalue weighted by Gasteiger charge is 2.25. The number of carbonyl (C=O) groups is 1. The largest absolute Gasteiger partial charge is 0.337 e. The van der Waals surface area contributed by atoms with E-state index in [4.69, 9.17) is 5.14 Å². The average Bonchev–Trinajstić information content (AvgIpc) is 3.07. The Bertz CT molecular complexity index is 818. The van der Waals surface area contributed by atoms with E-state index >= 15 is 0 Å². The molecule has 3 rings (SSSR count). The fourth-order valence-electron chi connectivity index (χ4n) is 3.06. The lowest BCUT2D eigenvalue weighted by atomic mass is 10.0. The van der Waals surface area contributed by atoms with Crippen LogP contribution in [0.3, 0.4) is 0 Å². The molecule has 128 valence electrons. The van der Waals surface area contributed by atoms with E-state index < -0.39 is 10.0 Å². The lowest BCUT2D eigenvalue weighted by Gasteiger charge is -2.33. The number of sulfonamides is 1. The minimum atomic E-state index is -3.62. The van der Waals surface area contributed by atoms with Gasteiger partial charge in [-0.05, 0) is 36.6 Å². The number of likely N-dealkylation sites (tertiary alicyclic amines) is 1. The highest BCUT2D eigenvalue weighted by molar-refractivity contribution is 7.88. The number of hydrogen-bond donors (Lipinski definition) is 1. The Hall–Kier alpha value is -2.19. The molecule has 0 spiro atoms. The van der Waals surface area contributed by atoms with Crippen LogP contribution >= 0.6 is 0 Å². The molecular formula is C16H20N4O3S. The van der Waals surface area contributed by atoms with Gasteiger partial charge in [0.2, 0.25) is 10.0 Å². The maximum Gasteiger partial charge on any atom is 0.253 e. The average molecular weight is 348 g/mol. The summed E-state index contributed by atoms with van der Waals surface area (Å²) < 4.78 is 24.3. The number of aromatic nitrogens is 2. The Morgan fingerprint density at radius 3 is 2.88 bits per heavy atom. The van der Waals surface area contributed by atoms with Crippen LogP contribution in [0.4, 0.5) is 0 Å². The summed E-state index contributed by atoms with van der Waals surface area (Å²) in [5, 5.41) is 9.34. The predicted octanol–water partition coefficient (Wildman–Crippen LogP) is 1.15. The van der Waals surface area contributed by atoms with Gasteiger partial charge in [0, 0.05) is 31.0 Å². The SMILES string of the molecule is NS(=O)(=O)Cc1cccc(C(=O)N2CCC[C@H](n3cccn3)C2)c1. The van der Waals surface area contributed by atoms with Gasteiger partial charge in [-0.3, -0.25) is 9.48 Å². The van der Waals surface area contributed by atoms with Crippen molar-refractivity contribution in [1.82, 2.24) is 14.7 Å². The molecule has 24 heavy (non-hydrogen) atoms. The van der Waals surface area contributed by atoms with E-state index in [0.717, 1.165) is 12.8 Å². The molecule has 2 heterocycles. The van der Waals surface area contributed by atoms with Gasteiger partial charge in [-0.2, -0.15) is 5.10 Å². The molecule has 1 aliphatic heterocycles. The number of benzene rings is 1. The number of primary sulfonamides is 1. The van der Waals surface area contributed by atoms with Crippen LogP contribution in [0.1, 0.15) is 34.8 Å². The normalized spacial score (nSPS) is 18.5. The summed E-state index contributed by atoms with van der Waals surface area (Å²) in [4.78, 5) is 14.5. The van der Waals surface area contributed by atoms with Gasteiger partial charge < -0.3 is 4.90 Å². The lowest BCUT2D eigenvalue weighted by molar-refractivity contribution is 0.0673. The molecule has 0 bridgehead atoms. The third-order valence-electron chi connectivity index (χ3n) is 4.12. The van der Waals surface area contributed by atoms with Gasteiger partial charge in [0.25, 0.3) is 5.91 Å². The first-order valence-electron chi connectivity index (χ1n) is 7.80. The summed E-state index contributed by atoms with van der Waals surface area (Å²) in [5.74, 6) is -0.368. The fraction of sp³-hybridized carbons (Fsp3) is 0.375. The van der Waals surface area contributed by atoms with Crippen LogP contribution in [-0.4, -0.2) is 42.1 Å². The van der Waals surface area contributed by atoms with E-state index in [-0.39, 0.29) is 17.7 Å². The summed E-state index contributed by atoms with van der Waals surface area (Å²) in [7, 11) is -3.62. The molecule has 1 aliphatic rings. The molecule has 7 nitrogen and oxygen atoms in total. The molecule has 1 atom stereocenters. The Labute approximate surface area is 141 Å². The van der Waals surface area contributed by atoms with E-state index in [1.807, 2.05) is 16.9 Å². The minimum absolute atomic E-state index is 0.0943. The second kappa shape index (κ2) is 6.74. The molecule has 2 aromatic rings. The first kappa shape index (κ1) is 16.7. The third-order valence-corrected chi connectivity index (χ3v) is 4.86. The van der Waals surface area contributed by atoms with Crippen molar-refractivity contribution in [3.8, 4) is 0 Å². The quantitative estimate of drug-likeness (QED) is 0.896. The number of nitrogens with two attached hydrogens (primary N) is 1. The van der Waals surface area contributed by atoms with Gasteiger partial charge in [-0.25, -0.2) is 13.6 Å². The molecule has 1 fully saturated rings. The van der Waals surface area contributed by atoms with Gasteiger partial charge in [0.15, 0.2) is 0 Å². The van der Waals surface area contributed by atoms with Crippen LogP contribution in [0, 0.1) is 0 Å². The summed E-state index contributed by atoms with van der Waals surface area (Å²) in [6.07, 6.45) is 5.53. The van der Waals surface area contributed by atoms with Crippen LogP contribution in [0.15, 0.2) is 42.7 Å². The molecule has 1 aromatic carbocycles. The Morgan fingerprint density at radius 2 is 2.17 bits per heavy atom. The zero-order valence-corrected chi connectivity index (χ0v) is 14.0. The number of piperidine rings is 1. The van der Waals surface area contributed by atoms with E-state index in [0.29, 0.717) is 24.2 Å². The second-order valence-corrected chi connectivity index (χ2v) is 7.66. The Balaban J connectivity index is 1.75. The van der Waals surface area contributed by atoms with E-state index in [1.54, 1.807) is 35.4 Å². The van der Waals surface area contributed by atoms with E-state index in [1.165, 1.54) is 0 Å². The van der Waals surface area contributed by atoms with Crippen LogP contribution in [0.25, 0.3) is 0 Å². The first-order valence-corrected chi connectivity index (χ1v) is 9.52. The lowest BCUT2D eigenvalue weighted by Crippen LogP contribution is -2.40. The molecule has 0 unspecified atom stereocenters. The number of nitrogens with zero attached hydrogens (tertiary/aromatic N) is 3. The number of amides is 1. The second-order valence-electron chi connectivity index (χ2n) is 6.04. The van der Waals surface area contributed by atoms with Crippen molar-refractivity contribution in [3.05, 3.63) is 53.9 Å². The van der Waals surface area contributed by atoms with Crippen molar-refractivity contribution in [2.45, 2.75) is 24.6 Å². The Kier molecular flexibility index (Phi) is 4.68. The molecule has 1 amide bonds. The number of carbonyl (C=O) groups excluding carboxylic acids is 1. The van der Waals surface area contributed by atoms with Gasteiger partial charge in [-0.1, -0.05) is 12.1 Å². The van der Waals surface area contributed by atoms with Crippen molar-refractivity contribution in [3.63, 3.8) is 0 Å². The summed E-state index contributed by atoms with van der Waals surface area (Å²) in [5.41, 5.74) is 1.00. The fourth-order valence-corrected chi connectivity index (χ4v) is 3.70. The van der Waals surface area contributed by atoms with Crippen molar-refractivity contribution >= 4 is 15.9 Å². The van der Waals surface area contributed by atoms with Gasteiger partial charge in [0.1, 0.15) is 0 Å². The van der Waals surface area contributed by atoms with Crippen LogP contribution in [0.2, 0.25) is 0 Å². The molecular weight excluding hydrogens is 328 g/mol. The zero-order chi connectivity index (χ0) is 17.2. The van der Waals surface area contributed by atoms with Crippen molar-refractivity contribution in [1.29, 1.82) is 0 Å². The van der Waals surface area contributed by atoms with Crippen LogP contribution in [0.5, 0.6) is 0 Å². The number of hydrogen-bond acceptors (Lipinski definition) is 4. The smallest absolute Gasteiger partial charge is 0.253 e. The number of rotatable bonds is 4. The maximum atomic E-state index is 12.7. The van der Waals surface area contributed by atoms with Crippen LogP contribution in [-0.2, 0) is 15.8 Å². The van der Waals surface area contributed by atoms with Crippen molar-refractivity contribution < 1.29 is 13.2 Å². The standard InChI is InChI=1S/C16H20N4O3S/c17-24(22,23)12-13-4-1-5-14(10-13)16(21)19-8-2-6-15(11-19)20-9-3-7-18-20/h1,3-5,7,9-10,15H,2,6,8,11-12H2,(H2,17,22,23)/t15-/m0/s1. The molecule has 0 radical (unpaired) electrons.